The van der Waals surface area contributed by atoms with Crippen LogP contribution < -0.4 is 30.7 Å². The van der Waals surface area contributed by atoms with E-state index in [9.17, 15) is 9.59 Å². The number of rotatable bonds is 4. The van der Waals surface area contributed by atoms with E-state index in [0.29, 0.717) is 27.9 Å². The summed E-state index contributed by atoms with van der Waals surface area (Å²) in [5.74, 6) is 0.744. The van der Waals surface area contributed by atoms with E-state index in [2.05, 4.69) is 21.3 Å². The van der Waals surface area contributed by atoms with Crippen molar-refractivity contribution in [2.75, 3.05) is 10.6 Å². The molecule has 180 valence electrons. The van der Waals surface area contributed by atoms with Crippen molar-refractivity contribution in [3.8, 4) is 11.5 Å². The van der Waals surface area contributed by atoms with E-state index in [1.165, 1.54) is 0 Å². The zero-order chi connectivity index (χ0) is 25.4. The van der Waals surface area contributed by atoms with E-state index >= 15 is 0 Å². The molecule has 3 aromatic carbocycles. The van der Waals surface area contributed by atoms with Crippen molar-refractivity contribution in [2.24, 2.45) is 0 Å². The largest absolute Gasteiger partial charge is 0.418 e. The van der Waals surface area contributed by atoms with Gasteiger partial charge in [-0.2, -0.15) is 0 Å². The molecule has 0 atom stereocenters. The van der Waals surface area contributed by atoms with E-state index in [-0.39, 0.29) is 10.2 Å². The standard InChI is InChI=1S/C24H21ClN4O4S2/c1-14-3-8-17(9-4-14)32-23(30)28-21(34)26-19-12-7-16(25)13-20(19)27-22(35)29-24(31)33-18-10-5-15(2)6-11-18/h3-13H,1-2H3,(H2,26,28,30,34)(H2,27,29,31,35). The van der Waals surface area contributed by atoms with Gasteiger partial charge in [0.05, 0.1) is 11.4 Å². The van der Waals surface area contributed by atoms with E-state index < -0.39 is 12.2 Å². The fourth-order valence-electron chi connectivity index (χ4n) is 2.70. The third-order valence-corrected chi connectivity index (χ3v) is 5.02. The highest BCUT2D eigenvalue weighted by Gasteiger charge is 2.13. The van der Waals surface area contributed by atoms with Crippen LogP contribution in [0.15, 0.2) is 66.7 Å². The molecule has 0 aromatic heterocycles. The van der Waals surface area contributed by atoms with Gasteiger partial charge in [-0.3, -0.25) is 10.6 Å². The molecule has 0 unspecified atom stereocenters. The Balaban J connectivity index is 1.57. The van der Waals surface area contributed by atoms with Gasteiger partial charge in [0.25, 0.3) is 0 Å². The summed E-state index contributed by atoms with van der Waals surface area (Å²) in [6.45, 7) is 3.85. The molecule has 0 radical (unpaired) electrons. The molecule has 0 saturated carbocycles. The minimum Gasteiger partial charge on any atom is -0.410 e. The molecule has 0 bridgehead atoms. The first-order valence-corrected chi connectivity index (χ1v) is 11.4. The minimum absolute atomic E-state index is 0.0230. The molecule has 4 N–H and O–H groups in total. The molecule has 0 fully saturated rings. The quantitative estimate of drug-likeness (QED) is 0.309. The SMILES string of the molecule is Cc1ccc(OC(=O)NC(=S)Nc2ccc(Cl)cc2NC(=S)NC(=O)Oc2ccc(C)cc2)cc1. The van der Waals surface area contributed by atoms with Gasteiger partial charge in [0.1, 0.15) is 11.5 Å². The van der Waals surface area contributed by atoms with E-state index in [1.54, 1.807) is 42.5 Å². The number of hydrogen-bond donors (Lipinski definition) is 4. The average molecular weight is 529 g/mol. The van der Waals surface area contributed by atoms with Crippen LogP contribution in [-0.4, -0.2) is 22.4 Å². The molecule has 35 heavy (non-hydrogen) atoms. The maximum Gasteiger partial charge on any atom is 0.418 e. The van der Waals surface area contributed by atoms with Gasteiger partial charge in [-0.25, -0.2) is 9.59 Å². The van der Waals surface area contributed by atoms with Gasteiger partial charge in [-0.15, -0.1) is 0 Å². The Bertz CT molecular complexity index is 1250. The molecule has 0 aliphatic heterocycles. The van der Waals surface area contributed by atoms with Crippen LogP contribution in [0.25, 0.3) is 0 Å². The molecule has 3 aromatic rings. The van der Waals surface area contributed by atoms with Crippen LogP contribution in [0.2, 0.25) is 5.02 Å². The lowest BCUT2D eigenvalue weighted by Gasteiger charge is -2.16. The second-order valence-corrected chi connectivity index (χ2v) is 8.51. The average Bonchev–Trinajstić information content (AvgIpc) is 2.78. The molecule has 2 amide bonds. The van der Waals surface area contributed by atoms with Crippen molar-refractivity contribution >= 4 is 69.8 Å². The number of nitrogens with one attached hydrogen (secondary N) is 4. The second-order valence-electron chi connectivity index (χ2n) is 7.25. The number of benzene rings is 3. The van der Waals surface area contributed by atoms with Crippen LogP contribution in [-0.2, 0) is 0 Å². The molecule has 0 aliphatic carbocycles. The van der Waals surface area contributed by atoms with Crippen LogP contribution in [0.4, 0.5) is 21.0 Å². The summed E-state index contributed by atoms with van der Waals surface area (Å²) in [5.41, 5.74) is 2.90. The van der Waals surface area contributed by atoms with Gasteiger partial charge in [0.15, 0.2) is 10.2 Å². The number of amides is 2. The fraction of sp³-hybridized carbons (Fsp3) is 0.0833. The summed E-state index contributed by atoms with van der Waals surface area (Å²) in [7, 11) is 0. The van der Waals surface area contributed by atoms with Crippen molar-refractivity contribution in [1.29, 1.82) is 0 Å². The van der Waals surface area contributed by atoms with Gasteiger partial charge in [0, 0.05) is 5.02 Å². The number of anilines is 2. The predicted molar refractivity (Wildman–Crippen MR) is 145 cm³/mol. The van der Waals surface area contributed by atoms with Gasteiger partial charge in [0.2, 0.25) is 0 Å². The Labute approximate surface area is 218 Å². The second kappa shape index (κ2) is 12.1. The van der Waals surface area contributed by atoms with Gasteiger partial charge < -0.3 is 20.1 Å². The monoisotopic (exact) mass is 528 g/mol. The third-order valence-electron chi connectivity index (χ3n) is 4.37. The van der Waals surface area contributed by atoms with Crippen LogP contribution in [0.3, 0.4) is 0 Å². The number of hydrogen-bond acceptors (Lipinski definition) is 6. The Kier molecular flexibility index (Phi) is 8.96. The van der Waals surface area contributed by atoms with Gasteiger partial charge in [-0.05, 0) is 80.7 Å². The lowest BCUT2D eigenvalue weighted by Crippen LogP contribution is -2.37. The topological polar surface area (TPSA) is 101 Å². The van der Waals surface area contributed by atoms with Crippen molar-refractivity contribution in [1.82, 2.24) is 10.6 Å². The number of carbonyl (C=O) groups excluding carboxylic acids is 2. The molecule has 3 rings (SSSR count). The fourth-order valence-corrected chi connectivity index (χ4v) is 3.26. The summed E-state index contributed by atoms with van der Waals surface area (Å²) >= 11 is 16.5. The zero-order valence-electron chi connectivity index (χ0n) is 18.7. The summed E-state index contributed by atoms with van der Waals surface area (Å²) in [5, 5.41) is 10.9. The van der Waals surface area contributed by atoms with E-state index in [4.69, 9.17) is 45.5 Å². The summed E-state index contributed by atoms with van der Waals surface area (Å²) < 4.78 is 10.4. The smallest absolute Gasteiger partial charge is 0.410 e. The normalized spacial score (nSPS) is 10.0. The number of ether oxygens (including phenoxy) is 2. The summed E-state index contributed by atoms with van der Waals surface area (Å²) in [6.07, 6.45) is -1.52. The Morgan fingerprint density at radius 1 is 0.686 bits per heavy atom. The highest BCUT2D eigenvalue weighted by molar-refractivity contribution is 7.80. The predicted octanol–water partition coefficient (Wildman–Crippen LogP) is 5.93. The highest BCUT2D eigenvalue weighted by Crippen LogP contribution is 2.26. The highest BCUT2D eigenvalue weighted by atomic mass is 35.5. The van der Waals surface area contributed by atoms with E-state index in [1.807, 2.05) is 38.1 Å². The molecule has 0 aliphatic rings. The summed E-state index contributed by atoms with van der Waals surface area (Å²) in [6, 6.07) is 18.8. The van der Waals surface area contributed by atoms with Crippen molar-refractivity contribution < 1.29 is 19.1 Å². The van der Waals surface area contributed by atoms with Crippen LogP contribution in [0, 0.1) is 13.8 Å². The summed E-state index contributed by atoms with van der Waals surface area (Å²) in [4.78, 5) is 24.3. The first kappa shape index (κ1) is 25.9. The first-order chi connectivity index (χ1) is 16.7. The number of halogens is 1. The first-order valence-electron chi connectivity index (χ1n) is 10.2. The zero-order valence-corrected chi connectivity index (χ0v) is 21.1. The minimum atomic E-state index is -0.765. The van der Waals surface area contributed by atoms with E-state index in [0.717, 1.165) is 11.1 Å². The molecule has 0 spiro atoms. The Morgan fingerprint density at radius 2 is 1.11 bits per heavy atom. The third kappa shape index (κ3) is 8.53. The van der Waals surface area contributed by atoms with Gasteiger partial charge in [-0.1, -0.05) is 47.0 Å². The van der Waals surface area contributed by atoms with Crippen molar-refractivity contribution in [3.63, 3.8) is 0 Å². The van der Waals surface area contributed by atoms with Crippen LogP contribution in [0.1, 0.15) is 11.1 Å². The molecular weight excluding hydrogens is 508 g/mol. The molecule has 0 saturated heterocycles. The van der Waals surface area contributed by atoms with Gasteiger partial charge >= 0.3 is 12.2 Å². The van der Waals surface area contributed by atoms with Crippen molar-refractivity contribution in [2.45, 2.75) is 13.8 Å². The number of thiocarbonyl (C=S) groups is 2. The maximum atomic E-state index is 12.1. The molecule has 11 heteroatoms. The molecule has 8 nitrogen and oxygen atoms in total. The lowest BCUT2D eigenvalue weighted by atomic mass is 10.2. The molecular formula is C24H21ClN4O4S2. The van der Waals surface area contributed by atoms with Crippen LogP contribution in [0.5, 0.6) is 11.5 Å². The van der Waals surface area contributed by atoms with Crippen LogP contribution >= 0.6 is 36.0 Å². The molecule has 0 heterocycles. The van der Waals surface area contributed by atoms with Crippen molar-refractivity contribution in [3.05, 3.63) is 82.9 Å². The maximum absolute atomic E-state index is 12.1. The number of carbonyl (C=O) groups is 2. The Morgan fingerprint density at radius 3 is 1.57 bits per heavy atom. The Hall–Kier alpha value is -3.73. The number of aryl methyl sites for hydroxylation is 2. The lowest BCUT2D eigenvalue weighted by molar-refractivity contribution is 0.205.